The fourth-order valence-corrected chi connectivity index (χ4v) is 2.40. The van der Waals surface area contributed by atoms with Crippen LogP contribution < -0.4 is 10.1 Å². The van der Waals surface area contributed by atoms with Gasteiger partial charge < -0.3 is 15.2 Å². The van der Waals surface area contributed by atoms with Gasteiger partial charge in [0.2, 0.25) is 6.10 Å². The molecule has 1 saturated carbocycles. The zero-order chi connectivity index (χ0) is 16.9. The lowest BCUT2D eigenvalue weighted by molar-refractivity contribution is -0.136. The van der Waals surface area contributed by atoms with E-state index in [9.17, 15) is 9.59 Å². The molecule has 24 heavy (non-hydrogen) atoms. The second-order valence-corrected chi connectivity index (χ2v) is 5.91. The highest BCUT2D eigenvalue weighted by Crippen LogP contribution is 2.25. The predicted molar refractivity (Wildman–Crippen MR) is 88.8 cm³/mol. The zero-order valence-corrected chi connectivity index (χ0v) is 13.1. The second-order valence-electron chi connectivity index (χ2n) is 5.91. The highest BCUT2D eigenvalue weighted by molar-refractivity contribution is 5.83. The smallest absolute Gasteiger partial charge is 0.307 e. The molecule has 124 valence electrons. The van der Waals surface area contributed by atoms with Gasteiger partial charge in [-0.05, 0) is 30.5 Å². The van der Waals surface area contributed by atoms with Crippen LogP contribution in [0.4, 0.5) is 0 Å². The van der Waals surface area contributed by atoms with Crippen LogP contribution in [0.2, 0.25) is 0 Å². The number of aliphatic carboxylic acids is 1. The van der Waals surface area contributed by atoms with Gasteiger partial charge in [0.05, 0.1) is 6.42 Å². The van der Waals surface area contributed by atoms with E-state index in [4.69, 9.17) is 9.84 Å². The number of rotatable bonds is 7. The first-order valence-corrected chi connectivity index (χ1v) is 7.94. The first-order valence-electron chi connectivity index (χ1n) is 7.94. The third-order valence-corrected chi connectivity index (χ3v) is 3.80. The number of ether oxygens (including phenoxy) is 1. The van der Waals surface area contributed by atoms with E-state index in [2.05, 4.69) is 5.32 Å². The number of amides is 1. The van der Waals surface area contributed by atoms with Crippen LogP contribution in [0.5, 0.6) is 5.75 Å². The maximum atomic E-state index is 12.5. The Morgan fingerprint density at radius 3 is 2.33 bits per heavy atom. The van der Waals surface area contributed by atoms with Gasteiger partial charge in [0.15, 0.2) is 0 Å². The van der Waals surface area contributed by atoms with Crippen molar-refractivity contribution in [3.8, 4) is 5.75 Å². The summed E-state index contributed by atoms with van der Waals surface area (Å²) in [6.45, 7) is 0. The Morgan fingerprint density at radius 2 is 1.75 bits per heavy atom. The topological polar surface area (TPSA) is 75.6 Å². The SMILES string of the molecule is O=C(O)Cc1ccc(O[C@@H](C(=O)NC2CC2)c2ccccc2)cc1. The molecule has 3 rings (SSSR count). The van der Waals surface area contributed by atoms with E-state index < -0.39 is 12.1 Å². The molecular weight excluding hydrogens is 306 g/mol. The lowest BCUT2D eigenvalue weighted by Crippen LogP contribution is -2.33. The first kappa shape index (κ1) is 16.1. The molecule has 1 amide bonds. The van der Waals surface area contributed by atoms with Crippen LogP contribution >= 0.6 is 0 Å². The third kappa shape index (κ3) is 4.35. The summed E-state index contributed by atoms with van der Waals surface area (Å²) in [6.07, 6.45) is 1.26. The fourth-order valence-electron chi connectivity index (χ4n) is 2.40. The molecule has 1 atom stereocenters. The van der Waals surface area contributed by atoms with Gasteiger partial charge in [0.25, 0.3) is 5.91 Å². The normalized spacial score (nSPS) is 14.7. The van der Waals surface area contributed by atoms with E-state index in [1.165, 1.54) is 0 Å². The van der Waals surface area contributed by atoms with Gasteiger partial charge >= 0.3 is 5.97 Å². The van der Waals surface area contributed by atoms with Gasteiger partial charge in [-0.2, -0.15) is 0 Å². The second kappa shape index (κ2) is 7.17. The van der Waals surface area contributed by atoms with Crippen LogP contribution in [0.15, 0.2) is 54.6 Å². The van der Waals surface area contributed by atoms with Gasteiger partial charge in [-0.15, -0.1) is 0 Å². The molecule has 5 heteroatoms. The van der Waals surface area contributed by atoms with Gasteiger partial charge in [0, 0.05) is 11.6 Å². The highest BCUT2D eigenvalue weighted by atomic mass is 16.5. The number of carboxylic acid groups (broad SMARTS) is 1. The van der Waals surface area contributed by atoms with Crippen molar-refractivity contribution in [2.24, 2.45) is 0 Å². The van der Waals surface area contributed by atoms with Crippen LogP contribution in [0, 0.1) is 0 Å². The summed E-state index contributed by atoms with van der Waals surface area (Å²) < 4.78 is 5.89. The van der Waals surface area contributed by atoms with E-state index in [0.29, 0.717) is 11.3 Å². The average Bonchev–Trinajstić information content (AvgIpc) is 3.38. The maximum absolute atomic E-state index is 12.5. The Morgan fingerprint density at radius 1 is 1.08 bits per heavy atom. The quantitative estimate of drug-likeness (QED) is 0.821. The van der Waals surface area contributed by atoms with Gasteiger partial charge in [-0.3, -0.25) is 9.59 Å². The number of carbonyl (C=O) groups excluding carboxylic acids is 1. The molecule has 0 radical (unpaired) electrons. The molecular formula is C19H19NO4. The molecule has 0 spiro atoms. The number of hydrogen-bond acceptors (Lipinski definition) is 3. The van der Waals surface area contributed by atoms with E-state index in [1.54, 1.807) is 24.3 Å². The van der Waals surface area contributed by atoms with Crippen molar-refractivity contribution in [2.75, 3.05) is 0 Å². The van der Waals surface area contributed by atoms with Crippen molar-refractivity contribution in [1.82, 2.24) is 5.32 Å². The molecule has 2 N–H and O–H groups in total. The highest BCUT2D eigenvalue weighted by Gasteiger charge is 2.29. The summed E-state index contributed by atoms with van der Waals surface area (Å²) in [5.74, 6) is -0.503. The number of benzene rings is 2. The number of carboxylic acids is 1. The molecule has 2 aromatic rings. The Labute approximate surface area is 140 Å². The molecule has 0 aromatic heterocycles. The summed E-state index contributed by atoms with van der Waals surface area (Å²) in [7, 11) is 0. The van der Waals surface area contributed by atoms with Crippen molar-refractivity contribution in [3.05, 3.63) is 65.7 Å². The Kier molecular flexibility index (Phi) is 4.79. The van der Waals surface area contributed by atoms with Crippen molar-refractivity contribution < 1.29 is 19.4 Å². The van der Waals surface area contributed by atoms with Crippen molar-refractivity contribution >= 4 is 11.9 Å². The Bertz CT molecular complexity index is 708. The largest absolute Gasteiger partial charge is 0.481 e. The van der Waals surface area contributed by atoms with Crippen molar-refractivity contribution in [1.29, 1.82) is 0 Å². The predicted octanol–water partition coefficient (Wildman–Crippen LogP) is 2.71. The van der Waals surface area contributed by atoms with Crippen molar-refractivity contribution in [3.63, 3.8) is 0 Å². The van der Waals surface area contributed by atoms with Gasteiger partial charge in [-0.1, -0.05) is 42.5 Å². The molecule has 0 unspecified atom stereocenters. The lowest BCUT2D eigenvalue weighted by Gasteiger charge is -2.19. The average molecular weight is 325 g/mol. The number of carbonyl (C=O) groups is 2. The minimum Gasteiger partial charge on any atom is -0.481 e. The molecule has 1 aliphatic rings. The molecule has 0 saturated heterocycles. The Balaban J connectivity index is 1.75. The molecule has 5 nitrogen and oxygen atoms in total. The third-order valence-electron chi connectivity index (χ3n) is 3.80. The van der Waals surface area contributed by atoms with Crippen LogP contribution in [0.1, 0.15) is 30.1 Å². The van der Waals surface area contributed by atoms with Gasteiger partial charge in [0.1, 0.15) is 5.75 Å². The minimum atomic E-state index is -0.880. The molecule has 0 bridgehead atoms. The van der Waals surface area contributed by atoms with Crippen LogP contribution in [-0.2, 0) is 16.0 Å². The van der Waals surface area contributed by atoms with Gasteiger partial charge in [-0.25, -0.2) is 0 Å². The minimum absolute atomic E-state index is 0.0371. The molecule has 1 fully saturated rings. The van der Waals surface area contributed by atoms with Crippen LogP contribution in [-0.4, -0.2) is 23.0 Å². The number of hydrogen-bond donors (Lipinski definition) is 2. The lowest BCUT2D eigenvalue weighted by atomic mass is 10.1. The maximum Gasteiger partial charge on any atom is 0.307 e. The van der Waals surface area contributed by atoms with Crippen LogP contribution in [0.25, 0.3) is 0 Å². The summed E-state index contributed by atoms with van der Waals surface area (Å²) in [4.78, 5) is 23.2. The zero-order valence-electron chi connectivity index (χ0n) is 13.1. The molecule has 0 heterocycles. The molecule has 1 aliphatic carbocycles. The molecule has 2 aromatic carbocycles. The van der Waals surface area contributed by atoms with E-state index in [1.807, 2.05) is 30.3 Å². The van der Waals surface area contributed by atoms with E-state index in [0.717, 1.165) is 18.4 Å². The monoisotopic (exact) mass is 325 g/mol. The summed E-state index contributed by atoms with van der Waals surface area (Å²) in [6, 6.07) is 16.4. The summed E-state index contributed by atoms with van der Waals surface area (Å²) in [5.41, 5.74) is 1.47. The first-order chi connectivity index (χ1) is 11.6. The standard InChI is InChI=1S/C19H19NO4/c21-17(22)12-13-6-10-16(11-7-13)24-18(14-4-2-1-3-5-14)19(23)20-15-8-9-15/h1-7,10-11,15,18H,8-9,12H2,(H,20,23)(H,21,22)/t18-/m1/s1. The summed E-state index contributed by atoms with van der Waals surface area (Å²) in [5, 5.41) is 11.8. The van der Waals surface area contributed by atoms with Crippen LogP contribution in [0.3, 0.4) is 0 Å². The van der Waals surface area contributed by atoms with E-state index >= 15 is 0 Å². The Hall–Kier alpha value is -2.82. The fraction of sp³-hybridized carbons (Fsp3) is 0.263. The molecule has 0 aliphatic heterocycles. The van der Waals surface area contributed by atoms with Crippen molar-refractivity contribution in [2.45, 2.75) is 31.4 Å². The van der Waals surface area contributed by atoms with E-state index in [-0.39, 0.29) is 18.4 Å². The number of nitrogens with one attached hydrogen (secondary N) is 1. The summed E-state index contributed by atoms with van der Waals surface area (Å²) >= 11 is 0.